The lowest BCUT2D eigenvalue weighted by atomic mass is 9.65. The van der Waals surface area contributed by atoms with Crippen LogP contribution in [0.25, 0.3) is 0 Å². The summed E-state index contributed by atoms with van der Waals surface area (Å²) in [6.07, 6.45) is 5.39. The van der Waals surface area contributed by atoms with Crippen molar-refractivity contribution in [1.82, 2.24) is 0 Å². The number of hydrogen-bond acceptors (Lipinski definition) is 2. The fourth-order valence-corrected chi connectivity index (χ4v) is 2.51. The minimum absolute atomic E-state index is 0.0563. The molecule has 2 heteroatoms. The van der Waals surface area contributed by atoms with Gasteiger partial charge in [0.1, 0.15) is 11.7 Å². The molecule has 98 valence electrons. The van der Waals surface area contributed by atoms with Crippen molar-refractivity contribution in [3.63, 3.8) is 0 Å². The maximum atomic E-state index is 10.7. The number of ether oxygens (including phenoxy) is 1. The maximum Gasteiger partial charge on any atom is 0.121 e. The van der Waals surface area contributed by atoms with Gasteiger partial charge in [-0.15, -0.1) is 0 Å². The summed E-state index contributed by atoms with van der Waals surface area (Å²) < 4.78 is 5.70. The number of aliphatic hydroxyl groups excluding tert-OH is 1. The second kappa shape index (κ2) is 4.25. The van der Waals surface area contributed by atoms with Crippen LogP contribution in [-0.4, -0.2) is 23.9 Å². The van der Waals surface area contributed by atoms with Crippen molar-refractivity contribution in [3.8, 4) is 0 Å². The number of aliphatic hydroxyl groups is 1. The topological polar surface area (TPSA) is 29.5 Å². The minimum atomic E-state index is -0.648. The highest BCUT2D eigenvalue weighted by Gasteiger charge is 2.50. The fourth-order valence-electron chi connectivity index (χ4n) is 2.51. The van der Waals surface area contributed by atoms with Gasteiger partial charge < -0.3 is 9.84 Å². The molecule has 17 heavy (non-hydrogen) atoms. The predicted octanol–water partition coefficient (Wildman–Crippen LogP) is 3.32. The van der Waals surface area contributed by atoms with E-state index in [4.69, 9.17) is 4.74 Å². The summed E-state index contributed by atoms with van der Waals surface area (Å²) in [5, 5.41) is 10.7. The van der Waals surface area contributed by atoms with E-state index in [1.165, 1.54) is 0 Å². The van der Waals surface area contributed by atoms with Gasteiger partial charge in [0.05, 0.1) is 0 Å². The molecule has 0 saturated carbocycles. The highest BCUT2D eigenvalue weighted by molar-refractivity contribution is 5.35. The van der Waals surface area contributed by atoms with E-state index in [0.717, 1.165) is 5.57 Å². The van der Waals surface area contributed by atoms with Crippen molar-refractivity contribution in [3.05, 3.63) is 23.8 Å². The molecule has 1 aliphatic rings. The van der Waals surface area contributed by atoms with Gasteiger partial charge in [-0.25, -0.2) is 0 Å². The molecule has 1 aliphatic carbocycles. The third kappa shape index (κ3) is 2.34. The van der Waals surface area contributed by atoms with E-state index in [2.05, 4.69) is 41.5 Å². The molecule has 0 spiro atoms. The molecule has 0 amide bonds. The SMILES string of the molecule is COC1(C(C)(C)C)C=CC=C(C(C)(C)C)C1O. The lowest BCUT2D eigenvalue weighted by Gasteiger charge is -2.48. The normalized spacial score (nSPS) is 30.4. The monoisotopic (exact) mass is 238 g/mol. The number of hydrogen-bond donors (Lipinski definition) is 1. The van der Waals surface area contributed by atoms with E-state index in [1.807, 2.05) is 18.2 Å². The van der Waals surface area contributed by atoms with Crippen molar-refractivity contribution in [1.29, 1.82) is 0 Å². The summed E-state index contributed by atoms with van der Waals surface area (Å²) in [5.74, 6) is 0. The zero-order valence-corrected chi connectivity index (χ0v) is 12.2. The Kier molecular flexibility index (Phi) is 3.62. The van der Waals surface area contributed by atoms with Gasteiger partial charge in [-0.2, -0.15) is 0 Å². The fraction of sp³-hybridized carbons (Fsp3) is 0.733. The lowest BCUT2D eigenvalue weighted by molar-refractivity contribution is -0.123. The molecule has 1 rings (SSSR count). The van der Waals surface area contributed by atoms with E-state index in [9.17, 15) is 5.11 Å². The average Bonchev–Trinajstić information content (AvgIpc) is 2.14. The Morgan fingerprint density at radius 2 is 1.71 bits per heavy atom. The summed E-state index contributed by atoms with van der Waals surface area (Å²) in [5.41, 5.74) is 0.156. The van der Waals surface area contributed by atoms with Crippen molar-refractivity contribution in [2.75, 3.05) is 7.11 Å². The summed E-state index contributed by atoms with van der Waals surface area (Å²) in [7, 11) is 1.67. The molecule has 0 aromatic rings. The molecular formula is C15H26O2. The van der Waals surface area contributed by atoms with Gasteiger partial charge in [0.15, 0.2) is 0 Å². The zero-order valence-electron chi connectivity index (χ0n) is 12.2. The van der Waals surface area contributed by atoms with Gasteiger partial charge >= 0.3 is 0 Å². The largest absolute Gasteiger partial charge is 0.385 e. The van der Waals surface area contributed by atoms with Crippen LogP contribution in [0.15, 0.2) is 23.8 Å². The first-order valence-electron chi connectivity index (χ1n) is 6.19. The molecule has 0 bridgehead atoms. The number of allylic oxidation sites excluding steroid dienone is 2. The Morgan fingerprint density at radius 3 is 2.06 bits per heavy atom. The van der Waals surface area contributed by atoms with Gasteiger partial charge in [-0.3, -0.25) is 0 Å². The van der Waals surface area contributed by atoms with Crippen LogP contribution < -0.4 is 0 Å². The van der Waals surface area contributed by atoms with E-state index in [-0.39, 0.29) is 10.8 Å². The van der Waals surface area contributed by atoms with Crippen LogP contribution in [0.4, 0.5) is 0 Å². The molecule has 0 radical (unpaired) electrons. The Morgan fingerprint density at radius 1 is 1.18 bits per heavy atom. The summed E-state index contributed by atoms with van der Waals surface area (Å²) in [6, 6.07) is 0. The molecular weight excluding hydrogens is 212 g/mol. The van der Waals surface area contributed by atoms with Gasteiger partial charge in [-0.1, -0.05) is 53.7 Å². The van der Waals surface area contributed by atoms with Crippen molar-refractivity contribution >= 4 is 0 Å². The van der Waals surface area contributed by atoms with Crippen molar-refractivity contribution in [2.45, 2.75) is 53.2 Å². The molecule has 0 fully saturated rings. The van der Waals surface area contributed by atoms with Gasteiger partial charge in [0, 0.05) is 7.11 Å². The van der Waals surface area contributed by atoms with Gasteiger partial charge in [-0.05, 0) is 22.5 Å². The summed E-state index contributed by atoms with van der Waals surface area (Å²) in [4.78, 5) is 0. The van der Waals surface area contributed by atoms with E-state index < -0.39 is 11.7 Å². The first kappa shape index (κ1) is 14.5. The van der Waals surface area contributed by atoms with Crippen LogP contribution in [0, 0.1) is 10.8 Å². The minimum Gasteiger partial charge on any atom is -0.385 e. The highest BCUT2D eigenvalue weighted by Crippen LogP contribution is 2.45. The second-order valence-corrected chi connectivity index (χ2v) is 6.88. The molecule has 2 atom stereocenters. The third-order valence-corrected chi connectivity index (χ3v) is 3.70. The molecule has 1 N–H and O–H groups in total. The zero-order chi connectivity index (χ0) is 13.5. The van der Waals surface area contributed by atoms with Crippen LogP contribution in [0.1, 0.15) is 41.5 Å². The van der Waals surface area contributed by atoms with E-state index in [1.54, 1.807) is 7.11 Å². The van der Waals surface area contributed by atoms with Crippen molar-refractivity contribution < 1.29 is 9.84 Å². The van der Waals surface area contributed by atoms with Crippen molar-refractivity contribution in [2.24, 2.45) is 10.8 Å². The van der Waals surface area contributed by atoms with Gasteiger partial charge in [0.2, 0.25) is 0 Å². The molecule has 0 aromatic carbocycles. The first-order valence-corrected chi connectivity index (χ1v) is 6.19. The molecule has 0 heterocycles. The molecule has 0 saturated heterocycles. The Balaban J connectivity index is 3.25. The number of rotatable bonds is 1. The second-order valence-electron chi connectivity index (χ2n) is 6.88. The smallest absolute Gasteiger partial charge is 0.121 e. The van der Waals surface area contributed by atoms with E-state index >= 15 is 0 Å². The Labute approximate surface area is 105 Å². The standard InChI is InChI=1S/C15H26O2/c1-13(2,3)11-9-8-10-15(17-7,12(11)16)14(4,5)6/h8-10,12,16H,1-7H3. The predicted molar refractivity (Wildman–Crippen MR) is 71.9 cm³/mol. The van der Waals surface area contributed by atoms with Crippen LogP contribution in [0.3, 0.4) is 0 Å². The Hall–Kier alpha value is -0.600. The maximum absolute atomic E-state index is 10.7. The lowest BCUT2D eigenvalue weighted by Crippen LogP contribution is -2.55. The molecule has 2 nitrogen and oxygen atoms in total. The first-order chi connectivity index (χ1) is 7.56. The quantitative estimate of drug-likeness (QED) is 0.759. The highest BCUT2D eigenvalue weighted by atomic mass is 16.5. The van der Waals surface area contributed by atoms with Crippen LogP contribution in [0.5, 0.6) is 0 Å². The van der Waals surface area contributed by atoms with Crippen LogP contribution in [0.2, 0.25) is 0 Å². The third-order valence-electron chi connectivity index (χ3n) is 3.70. The molecule has 2 unspecified atom stereocenters. The van der Waals surface area contributed by atoms with Gasteiger partial charge in [0.25, 0.3) is 0 Å². The molecule has 0 aromatic heterocycles. The number of methoxy groups -OCH3 is 1. The Bertz CT molecular complexity index is 339. The average molecular weight is 238 g/mol. The summed E-state index contributed by atoms with van der Waals surface area (Å²) in [6.45, 7) is 12.6. The molecule has 0 aliphatic heterocycles. The van der Waals surface area contributed by atoms with Crippen LogP contribution >= 0.6 is 0 Å². The summed E-state index contributed by atoms with van der Waals surface area (Å²) >= 11 is 0. The van der Waals surface area contributed by atoms with Crippen LogP contribution in [-0.2, 0) is 4.74 Å². The van der Waals surface area contributed by atoms with E-state index in [0.29, 0.717) is 0 Å².